The number of pyridine rings is 2. The quantitative estimate of drug-likeness (QED) is 0.155. The summed E-state index contributed by atoms with van der Waals surface area (Å²) in [5.74, 6) is 1.25. The van der Waals surface area contributed by atoms with Crippen LogP contribution in [0.15, 0.2) is 59.5 Å². The van der Waals surface area contributed by atoms with Crippen LogP contribution in [0.3, 0.4) is 0 Å². The van der Waals surface area contributed by atoms with E-state index in [0.29, 0.717) is 40.7 Å². The molecule has 8 rings (SSSR count). The maximum absolute atomic E-state index is 13.8. The molecular weight excluding hydrogens is 690 g/mol. The third-order valence-electron chi connectivity index (χ3n) is 10.9. The van der Waals surface area contributed by atoms with Crippen molar-refractivity contribution in [3.63, 3.8) is 0 Å². The molecule has 1 N–H and O–H groups in total. The second-order valence-electron chi connectivity index (χ2n) is 13.7. The van der Waals surface area contributed by atoms with Crippen LogP contribution < -0.4 is 15.6 Å². The molecule has 1 saturated heterocycles. The minimum absolute atomic E-state index is 0.0217. The summed E-state index contributed by atoms with van der Waals surface area (Å²) in [6.45, 7) is 5.88. The molecule has 2 fully saturated rings. The van der Waals surface area contributed by atoms with Gasteiger partial charge >= 0.3 is 5.97 Å². The van der Waals surface area contributed by atoms with Crippen molar-refractivity contribution >= 4 is 39.8 Å². The number of fused-ring (bicyclic) bond motifs is 3. The van der Waals surface area contributed by atoms with Crippen LogP contribution >= 0.6 is 11.6 Å². The molecule has 268 valence electrons. The maximum Gasteiger partial charge on any atom is 0.309 e. The normalized spacial score (nSPS) is 20.6. The minimum atomic E-state index is -2.84. The average molecular weight is 727 g/mol. The summed E-state index contributed by atoms with van der Waals surface area (Å²) >= 11 is 7.20. The number of ether oxygens (including phenoxy) is 2. The van der Waals surface area contributed by atoms with Crippen molar-refractivity contribution in [2.24, 2.45) is 24.8 Å². The van der Waals surface area contributed by atoms with E-state index in [9.17, 15) is 18.4 Å². The standard InChI is InChI=1S/C39H37ClF2N6O4/c1-5-52-39(50)33-25-17-48(18-26(25)33)30-13-12-20-14-28(46-37(51-4)31(20)30)24-10-6-9-23(34(24)40)22-8-7-11-27(19(22)2)44-36-32-21(15-29(45-36)35(41)42)16-43-47(3)38(32)49/h6-11,14-16,25-26,30,33,35H,5,12-13,17-18H2,1-4H3,(H,44,45). The molecule has 0 radical (unpaired) electrons. The van der Waals surface area contributed by atoms with Gasteiger partial charge in [-0.2, -0.15) is 5.10 Å². The fourth-order valence-electron chi connectivity index (χ4n) is 8.25. The Bertz CT molecular complexity index is 2300. The summed E-state index contributed by atoms with van der Waals surface area (Å²) in [5.41, 5.74) is 5.72. The number of hydrogen-bond acceptors (Lipinski definition) is 9. The molecular formula is C39H37ClF2N6O4. The van der Waals surface area contributed by atoms with Gasteiger partial charge in [0.15, 0.2) is 0 Å². The largest absolute Gasteiger partial charge is 0.481 e. The third-order valence-corrected chi connectivity index (χ3v) is 11.3. The van der Waals surface area contributed by atoms with Gasteiger partial charge in [0.1, 0.15) is 11.5 Å². The van der Waals surface area contributed by atoms with Gasteiger partial charge in [-0.25, -0.2) is 23.4 Å². The number of methoxy groups -OCH3 is 1. The summed E-state index contributed by atoms with van der Waals surface area (Å²) in [6, 6.07) is 14.8. The lowest BCUT2D eigenvalue weighted by Crippen LogP contribution is -2.30. The van der Waals surface area contributed by atoms with Gasteiger partial charge in [-0.05, 0) is 73.4 Å². The van der Waals surface area contributed by atoms with Crippen molar-refractivity contribution in [2.75, 3.05) is 32.1 Å². The number of aryl methyl sites for hydroxylation is 2. The molecule has 13 heteroatoms. The second-order valence-corrected chi connectivity index (χ2v) is 14.1. The zero-order valence-corrected chi connectivity index (χ0v) is 29.9. The highest BCUT2D eigenvalue weighted by atomic mass is 35.5. The molecule has 4 heterocycles. The molecule has 1 saturated carbocycles. The Morgan fingerprint density at radius 2 is 1.81 bits per heavy atom. The van der Waals surface area contributed by atoms with E-state index in [1.165, 1.54) is 24.9 Å². The van der Waals surface area contributed by atoms with E-state index in [2.05, 4.69) is 26.4 Å². The number of carbonyl (C=O) groups excluding carboxylic acids is 1. The Hall–Kier alpha value is -4.94. The predicted molar refractivity (Wildman–Crippen MR) is 194 cm³/mol. The van der Waals surface area contributed by atoms with Gasteiger partial charge in [-0.15, -0.1) is 0 Å². The molecule has 3 aromatic heterocycles. The van der Waals surface area contributed by atoms with E-state index in [1.54, 1.807) is 13.2 Å². The number of rotatable bonds is 9. The Balaban J connectivity index is 1.10. The lowest BCUT2D eigenvalue weighted by atomic mass is 9.96. The number of benzene rings is 2. The molecule has 3 aliphatic rings. The first-order chi connectivity index (χ1) is 25.1. The molecule has 1 aliphatic heterocycles. The predicted octanol–water partition coefficient (Wildman–Crippen LogP) is 7.44. The summed E-state index contributed by atoms with van der Waals surface area (Å²) in [6.07, 6.45) is 0.359. The van der Waals surface area contributed by atoms with Crippen molar-refractivity contribution in [1.29, 1.82) is 0 Å². The van der Waals surface area contributed by atoms with E-state index in [4.69, 9.17) is 26.1 Å². The third kappa shape index (κ3) is 5.68. The first-order valence-electron chi connectivity index (χ1n) is 17.4. The summed E-state index contributed by atoms with van der Waals surface area (Å²) in [5, 5.41) is 8.08. The number of piperidine rings is 1. The van der Waals surface area contributed by atoms with Crippen LogP contribution in [0.25, 0.3) is 33.2 Å². The van der Waals surface area contributed by atoms with Gasteiger partial charge in [0.05, 0.1) is 41.9 Å². The molecule has 3 unspecified atom stereocenters. The van der Waals surface area contributed by atoms with Crippen LogP contribution in [0.2, 0.25) is 5.02 Å². The number of alkyl halides is 2. The summed E-state index contributed by atoms with van der Waals surface area (Å²) in [4.78, 5) is 37.0. The smallest absolute Gasteiger partial charge is 0.309 e. The first kappa shape index (κ1) is 34.2. The molecule has 0 spiro atoms. The maximum atomic E-state index is 13.8. The van der Waals surface area contributed by atoms with Crippen molar-refractivity contribution in [3.8, 4) is 28.3 Å². The van der Waals surface area contributed by atoms with E-state index in [0.717, 1.165) is 58.4 Å². The molecule has 0 bridgehead atoms. The number of likely N-dealkylation sites (tertiary alicyclic amines) is 1. The van der Waals surface area contributed by atoms with E-state index in [-0.39, 0.29) is 34.5 Å². The van der Waals surface area contributed by atoms with Crippen LogP contribution in [0.4, 0.5) is 20.3 Å². The highest BCUT2D eigenvalue weighted by Gasteiger charge is 2.61. The lowest BCUT2D eigenvalue weighted by Gasteiger charge is -2.28. The van der Waals surface area contributed by atoms with Crippen LogP contribution in [0, 0.1) is 24.7 Å². The van der Waals surface area contributed by atoms with E-state index >= 15 is 0 Å². The van der Waals surface area contributed by atoms with E-state index in [1.807, 2.05) is 44.2 Å². The molecule has 10 nitrogen and oxygen atoms in total. The lowest BCUT2D eigenvalue weighted by molar-refractivity contribution is -0.145. The summed E-state index contributed by atoms with van der Waals surface area (Å²) < 4.78 is 40.0. The Morgan fingerprint density at radius 3 is 2.54 bits per heavy atom. The van der Waals surface area contributed by atoms with Gasteiger partial charge in [0, 0.05) is 53.9 Å². The Morgan fingerprint density at radius 1 is 1.08 bits per heavy atom. The van der Waals surface area contributed by atoms with Crippen LogP contribution in [0.5, 0.6) is 5.88 Å². The summed E-state index contributed by atoms with van der Waals surface area (Å²) in [7, 11) is 3.14. The highest BCUT2D eigenvalue weighted by molar-refractivity contribution is 6.36. The van der Waals surface area contributed by atoms with Crippen LogP contribution in [-0.4, -0.2) is 57.4 Å². The van der Waals surface area contributed by atoms with Crippen LogP contribution in [-0.2, 0) is 23.0 Å². The number of anilines is 2. The number of nitrogens with one attached hydrogen (secondary N) is 1. The van der Waals surface area contributed by atoms with Gasteiger partial charge in [-0.1, -0.05) is 41.9 Å². The number of halogens is 3. The van der Waals surface area contributed by atoms with Crippen molar-refractivity contribution in [2.45, 2.75) is 39.2 Å². The van der Waals surface area contributed by atoms with Gasteiger partial charge in [0.2, 0.25) is 5.88 Å². The fourth-order valence-corrected chi connectivity index (χ4v) is 8.57. The van der Waals surface area contributed by atoms with Gasteiger partial charge in [0.25, 0.3) is 12.0 Å². The topological polar surface area (TPSA) is 111 Å². The van der Waals surface area contributed by atoms with Crippen LogP contribution in [0.1, 0.15) is 48.2 Å². The Kier molecular flexibility index (Phi) is 8.70. The number of nitrogens with zero attached hydrogens (tertiary/aromatic N) is 5. The van der Waals surface area contributed by atoms with Crippen molar-refractivity contribution < 1.29 is 23.0 Å². The number of hydrogen-bond donors (Lipinski definition) is 1. The van der Waals surface area contributed by atoms with Gasteiger partial charge < -0.3 is 14.8 Å². The monoisotopic (exact) mass is 726 g/mol. The molecule has 2 aromatic carbocycles. The molecule has 3 atom stereocenters. The second kappa shape index (κ2) is 13.2. The first-order valence-corrected chi connectivity index (χ1v) is 17.8. The number of carbonyl (C=O) groups is 1. The van der Waals surface area contributed by atoms with Crippen molar-refractivity contribution in [3.05, 3.63) is 92.5 Å². The zero-order valence-electron chi connectivity index (χ0n) is 29.1. The molecule has 0 amide bonds. The zero-order chi connectivity index (χ0) is 36.4. The molecule has 5 aromatic rings. The molecule has 52 heavy (non-hydrogen) atoms. The average Bonchev–Trinajstić information content (AvgIpc) is 3.41. The SMILES string of the molecule is CCOC(=O)C1C2CN(C3CCc4cc(-c5cccc(-c6cccc(Nc7nc(C(F)F)cc8cnn(C)c(=O)c78)c6C)c5Cl)nc(OC)c43)CC21. The van der Waals surface area contributed by atoms with E-state index < -0.39 is 17.7 Å². The van der Waals surface area contributed by atoms with Crippen molar-refractivity contribution in [1.82, 2.24) is 24.6 Å². The number of esters is 1. The minimum Gasteiger partial charge on any atom is -0.481 e. The van der Waals surface area contributed by atoms with Gasteiger partial charge in [-0.3, -0.25) is 14.5 Å². The number of aromatic nitrogens is 4. The molecule has 2 aliphatic carbocycles. The highest BCUT2D eigenvalue weighted by Crippen LogP contribution is 2.56. The fraction of sp³-hybridized carbons (Fsp3) is 0.359. The Labute approximate surface area is 303 Å².